The van der Waals surface area contributed by atoms with Gasteiger partial charge in [0.05, 0.1) is 41.1 Å². The Morgan fingerprint density at radius 2 is 1.59 bits per heavy atom. The molecule has 13 atom stereocenters. The molecule has 4 aliphatic carbocycles. The van der Waals surface area contributed by atoms with E-state index in [0.717, 1.165) is 6.92 Å². The molecule has 5 N–H and O–H groups in total. The maximum Gasteiger partial charge on any atom is 0.408 e. The number of aliphatic hydroxyl groups is 3. The molecular formula is C47H55NO17S. The minimum Gasteiger partial charge on any atom is -0.481 e. The molecule has 0 spiro atoms. The van der Waals surface area contributed by atoms with Gasteiger partial charge in [-0.05, 0) is 69.9 Å². The van der Waals surface area contributed by atoms with Gasteiger partial charge in [-0.2, -0.15) is 0 Å². The number of aliphatic hydroxyl groups excluding tert-OH is 2. The van der Waals surface area contributed by atoms with Gasteiger partial charge >= 0.3 is 35.9 Å². The Bertz CT molecular complexity index is 2320. The quantitative estimate of drug-likeness (QED) is 0.110. The van der Waals surface area contributed by atoms with Crippen molar-refractivity contribution in [2.75, 3.05) is 18.1 Å². The number of alkyl carbamates (subject to hydrolysis) is 1. The van der Waals surface area contributed by atoms with Crippen molar-refractivity contribution in [3.63, 3.8) is 0 Å². The van der Waals surface area contributed by atoms with E-state index in [0.29, 0.717) is 11.8 Å². The summed E-state index contributed by atoms with van der Waals surface area (Å²) in [5.41, 5.74) is -8.29. The number of carboxylic acids is 1. The van der Waals surface area contributed by atoms with Crippen molar-refractivity contribution in [1.82, 2.24) is 5.32 Å². The SMILES string of the molecule is CC(=O)O[C@@]12CO[C@@H]1C[C@H](O)[C@@]1(C)C(=O)[C@H](O)C3=C(C)[C@@H](OC(=O)[C@H](OC(=O)CSCC(=O)O)C(NC(=O)OC(C)(C)C)c4ccccc4)[C@H]4C[C@@](O)([C@@H](OC(=O)c5ccccc5)[C@H]21)[C@@]34C. The third-order valence-electron chi connectivity index (χ3n) is 14.0. The van der Waals surface area contributed by atoms with Crippen LogP contribution in [0.1, 0.15) is 83.3 Å². The molecule has 1 amide bonds. The molecule has 2 aromatic carbocycles. The molecule has 356 valence electrons. The fourth-order valence-electron chi connectivity index (χ4n) is 11.0. The fourth-order valence-corrected chi connectivity index (χ4v) is 11.5. The number of carbonyl (C=O) groups excluding carboxylic acids is 6. The smallest absolute Gasteiger partial charge is 0.408 e. The highest BCUT2D eigenvalue weighted by Crippen LogP contribution is 2.72. The minimum atomic E-state index is -2.21. The second-order valence-electron chi connectivity index (χ2n) is 19.0. The largest absolute Gasteiger partial charge is 0.481 e. The van der Waals surface area contributed by atoms with E-state index in [4.69, 9.17) is 28.4 Å². The summed E-state index contributed by atoms with van der Waals surface area (Å²) >= 11 is 0.705. The summed E-state index contributed by atoms with van der Waals surface area (Å²) in [7, 11) is 0. The molecule has 19 heteroatoms. The first kappa shape index (κ1) is 48.6. The average molecular weight is 938 g/mol. The first-order valence-electron chi connectivity index (χ1n) is 21.6. The molecule has 1 heterocycles. The van der Waals surface area contributed by atoms with Crippen LogP contribution < -0.4 is 5.32 Å². The molecule has 5 aliphatic rings. The van der Waals surface area contributed by atoms with E-state index < -0.39 is 135 Å². The lowest BCUT2D eigenvalue weighted by atomic mass is 9.40. The highest BCUT2D eigenvalue weighted by molar-refractivity contribution is 8.00. The Hall–Kier alpha value is -5.34. The van der Waals surface area contributed by atoms with Gasteiger partial charge in [0.2, 0.25) is 6.10 Å². The Balaban J connectivity index is 1.32. The van der Waals surface area contributed by atoms with E-state index in [-0.39, 0.29) is 41.7 Å². The van der Waals surface area contributed by atoms with Crippen LogP contribution in [0.15, 0.2) is 71.8 Å². The van der Waals surface area contributed by atoms with Gasteiger partial charge in [0.25, 0.3) is 0 Å². The molecule has 7 rings (SSSR count). The summed E-state index contributed by atoms with van der Waals surface area (Å²) in [4.78, 5) is 95.0. The number of Topliss-reactive ketones (excluding diaryl/α,β-unsaturated/α-hetero) is 1. The Kier molecular flexibility index (Phi) is 13.0. The van der Waals surface area contributed by atoms with E-state index in [9.17, 15) is 49.2 Å². The second kappa shape index (κ2) is 17.7. The van der Waals surface area contributed by atoms with Gasteiger partial charge in [0.1, 0.15) is 41.7 Å². The van der Waals surface area contributed by atoms with E-state index in [1.54, 1.807) is 69.3 Å². The molecule has 0 aromatic heterocycles. The Morgan fingerprint density at radius 3 is 2.17 bits per heavy atom. The molecule has 18 nitrogen and oxygen atoms in total. The van der Waals surface area contributed by atoms with Crippen LogP contribution in [0.4, 0.5) is 4.79 Å². The van der Waals surface area contributed by atoms with Crippen LogP contribution in [-0.4, -0.2) is 134 Å². The predicted octanol–water partition coefficient (Wildman–Crippen LogP) is 3.24. The lowest BCUT2D eigenvalue weighted by Crippen LogP contribution is -2.83. The van der Waals surface area contributed by atoms with Crippen molar-refractivity contribution < 1.29 is 82.4 Å². The summed E-state index contributed by atoms with van der Waals surface area (Å²) in [6.45, 7) is 10.1. The molecular weight excluding hydrogens is 883 g/mol. The van der Waals surface area contributed by atoms with Crippen LogP contribution >= 0.6 is 11.8 Å². The standard InChI is InChI=1S/C47H55NO17S/c1-23-32-34(54)38(55)44(6)28(50)18-29-46(22-60-29,64-24(2)49)37(44)39(63-40(56)26-16-12-9-13-17-26)47(59)19-27(45(32,47)7)35(23)62-41(57)36(61-31(53)21-66-20-30(51)52)33(25-14-10-8-11-15-25)48-42(58)65-43(3,4)5/h8-17,27-29,33-37,39,50,54,59H,18-22H2,1-7H3,(H,48,58)(H,51,52)/t27-,28+,29-,33?,34-,35-,36-,37+,39+,44-,45-,46+,47-/m1/s1. The number of benzene rings is 2. The van der Waals surface area contributed by atoms with Gasteiger partial charge in [0, 0.05) is 24.7 Å². The number of hydrogen-bond donors (Lipinski definition) is 5. The van der Waals surface area contributed by atoms with Crippen LogP contribution in [0.5, 0.6) is 0 Å². The highest BCUT2D eigenvalue weighted by Gasteiger charge is 2.83. The fraction of sp³-hybridized carbons (Fsp3) is 0.553. The van der Waals surface area contributed by atoms with Gasteiger partial charge < -0.3 is 54.2 Å². The zero-order chi connectivity index (χ0) is 48.3. The van der Waals surface area contributed by atoms with Crippen LogP contribution in [0.25, 0.3) is 0 Å². The van der Waals surface area contributed by atoms with Gasteiger partial charge in [-0.1, -0.05) is 55.5 Å². The molecule has 4 fully saturated rings. The first-order chi connectivity index (χ1) is 30.9. The van der Waals surface area contributed by atoms with Crippen LogP contribution in [0.2, 0.25) is 0 Å². The number of rotatable bonds is 13. The maximum atomic E-state index is 15.2. The molecule has 1 aliphatic heterocycles. The zero-order valence-corrected chi connectivity index (χ0v) is 38.3. The molecule has 0 bridgehead atoms. The molecule has 3 saturated carbocycles. The minimum absolute atomic E-state index is 0.0599. The number of ether oxygens (including phenoxy) is 6. The van der Waals surface area contributed by atoms with Crippen LogP contribution in [0, 0.1) is 22.7 Å². The number of fused-ring (bicyclic) bond motifs is 3. The van der Waals surface area contributed by atoms with Gasteiger partial charge in [-0.3, -0.25) is 19.2 Å². The number of nitrogens with one attached hydrogen (secondary N) is 1. The van der Waals surface area contributed by atoms with Crippen molar-refractivity contribution in [1.29, 1.82) is 0 Å². The van der Waals surface area contributed by atoms with Crippen molar-refractivity contribution >= 4 is 53.5 Å². The molecule has 1 unspecified atom stereocenters. The summed E-state index contributed by atoms with van der Waals surface area (Å²) in [6, 6.07) is 14.4. The third kappa shape index (κ3) is 8.15. The predicted molar refractivity (Wildman–Crippen MR) is 230 cm³/mol. The lowest BCUT2D eigenvalue weighted by Gasteiger charge is -2.70. The van der Waals surface area contributed by atoms with Gasteiger partial charge in [0.15, 0.2) is 11.4 Å². The first-order valence-corrected chi connectivity index (χ1v) is 22.7. The summed E-state index contributed by atoms with van der Waals surface area (Å²) in [5.74, 6) is -9.47. The Labute approximate surface area is 384 Å². The highest BCUT2D eigenvalue weighted by atomic mass is 32.2. The maximum absolute atomic E-state index is 15.2. The number of ketones is 1. The number of carbonyl (C=O) groups is 7. The van der Waals surface area contributed by atoms with Crippen LogP contribution in [-0.2, 0) is 52.4 Å². The summed E-state index contributed by atoms with van der Waals surface area (Å²) < 4.78 is 35.7. The zero-order valence-electron chi connectivity index (χ0n) is 37.5. The molecule has 66 heavy (non-hydrogen) atoms. The summed E-state index contributed by atoms with van der Waals surface area (Å²) in [6.07, 6.45) is -11.2. The molecule has 2 aromatic rings. The van der Waals surface area contributed by atoms with Crippen LogP contribution in [0.3, 0.4) is 0 Å². The topological polar surface area (TPSA) is 268 Å². The normalized spacial score (nSPS) is 33.9. The monoisotopic (exact) mass is 937 g/mol. The van der Waals surface area contributed by atoms with Crippen molar-refractivity contribution in [3.8, 4) is 0 Å². The molecule has 0 radical (unpaired) electrons. The van der Waals surface area contributed by atoms with Crippen molar-refractivity contribution in [2.45, 2.75) is 121 Å². The average Bonchev–Trinajstić information content (AvgIpc) is 3.41. The van der Waals surface area contributed by atoms with Gasteiger partial charge in [-0.25, -0.2) is 14.4 Å². The summed E-state index contributed by atoms with van der Waals surface area (Å²) in [5, 5.41) is 49.5. The lowest BCUT2D eigenvalue weighted by molar-refractivity contribution is -0.357. The van der Waals surface area contributed by atoms with Crippen molar-refractivity contribution in [3.05, 3.63) is 82.9 Å². The van der Waals surface area contributed by atoms with E-state index in [1.807, 2.05) is 0 Å². The third-order valence-corrected chi connectivity index (χ3v) is 14.9. The number of esters is 4. The number of thioether (sulfide) groups is 1. The Morgan fingerprint density at radius 1 is 0.955 bits per heavy atom. The number of amides is 1. The van der Waals surface area contributed by atoms with E-state index in [1.165, 1.54) is 32.9 Å². The number of aliphatic carboxylic acids is 1. The van der Waals surface area contributed by atoms with E-state index >= 15 is 4.79 Å². The van der Waals surface area contributed by atoms with Crippen molar-refractivity contribution in [2.24, 2.45) is 22.7 Å². The number of carboxylic acid groups (broad SMARTS) is 1. The van der Waals surface area contributed by atoms with E-state index in [2.05, 4.69) is 5.32 Å². The number of hydrogen-bond acceptors (Lipinski definition) is 17. The second-order valence-corrected chi connectivity index (χ2v) is 20.0. The molecule has 1 saturated heterocycles. The van der Waals surface area contributed by atoms with Gasteiger partial charge in [-0.15, -0.1) is 11.8 Å².